The molecule has 0 aliphatic carbocycles. The Morgan fingerprint density at radius 2 is 2.00 bits per heavy atom. The quantitative estimate of drug-likeness (QED) is 0.125. The van der Waals surface area contributed by atoms with E-state index < -0.39 is 0 Å². The molecule has 37 heavy (non-hydrogen) atoms. The minimum atomic E-state index is -0.217. The fraction of sp³-hybridized carbons (Fsp3) is 0.370. The minimum absolute atomic E-state index is 0.0610. The number of aromatic nitrogens is 3. The van der Waals surface area contributed by atoms with Crippen molar-refractivity contribution < 1.29 is 19.7 Å². The van der Waals surface area contributed by atoms with E-state index in [0.29, 0.717) is 49.6 Å². The van der Waals surface area contributed by atoms with Crippen LogP contribution in [0.5, 0.6) is 11.5 Å². The average Bonchev–Trinajstić information content (AvgIpc) is 3.26. The number of nitrogens with two attached hydrogens (primary N) is 1. The molecule has 0 unspecified atom stereocenters. The van der Waals surface area contributed by atoms with Gasteiger partial charge in [-0.3, -0.25) is 4.79 Å². The summed E-state index contributed by atoms with van der Waals surface area (Å²) in [5.41, 5.74) is 10.3. The number of imidazole rings is 1. The van der Waals surface area contributed by atoms with Gasteiger partial charge in [0.15, 0.2) is 17.3 Å². The monoisotopic (exact) mass is 525 g/mol. The van der Waals surface area contributed by atoms with Crippen molar-refractivity contribution in [1.82, 2.24) is 19.9 Å². The number of unbranched alkanes of at least 4 members (excludes halogenated alkanes) is 1. The highest BCUT2D eigenvalue weighted by Crippen LogP contribution is 2.34. The van der Waals surface area contributed by atoms with Crippen LogP contribution in [0.1, 0.15) is 36.7 Å². The number of carbonyl (C=O) groups excluding carboxylic acids is 1. The average molecular weight is 526 g/mol. The molecule has 4 aromatic rings. The molecule has 196 valence electrons. The Morgan fingerprint density at radius 1 is 1.16 bits per heavy atom. The first-order valence-electron chi connectivity index (χ1n) is 12.4. The third-order valence-corrected chi connectivity index (χ3v) is 6.50. The topological polar surface area (TPSA) is 136 Å². The predicted octanol–water partition coefficient (Wildman–Crippen LogP) is 3.88. The Bertz CT molecular complexity index is 1410. The third-order valence-electron chi connectivity index (χ3n) is 6.25. The molecule has 0 radical (unpaired) electrons. The van der Waals surface area contributed by atoms with Crippen LogP contribution in [-0.4, -0.2) is 56.3 Å². The number of pyridine rings is 1. The Balaban J connectivity index is 1.64. The number of anilines is 1. The Kier molecular flexibility index (Phi) is 8.68. The number of carbonyl (C=O) groups is 1. The summed E-state index contributed by atoms with van der Waals surface area (Å²) in [5.74, 6) is 0.639. The molecule has 1 amide bonds. The highest BCUT2D eigenvalue weighted by molar-refractivity contribution is 6.27. The molecule has 4 rings (SSSR count). The zero-order chi connectivity index (χ0) is 26.4. The van der Waals surface area contributed by atoms with Gasteiger partial charge in [0.05, 0.1) is 30.8 Å². The largest absolute Gasteiger partial charge is 0.504 e. The number of benzene rings is 2. The molecule has 0 atom stereocenters. The molecule has 0 fully saturated rings. The number of hydrogen-bond donors (Lipinski definition) is 4. The summed E-state index contributed by atoms with van der Waals surface area (Å²) in [5, 5.41) is 24.0. The molecular formula is C27H32ClN5O4. The molecule has 5 N–H and O–H groups in total. The van der Waals surface area contributed by atoms with Gasteiger partial charge in [0.2, 0.25) is 5.91 Å². The number of amides is 1. The molecule has 10 heteroatoms. The highest BCUT2D eigenvalue weighted by atomic mass is 35.5. The SMILES string of the molecule is CCCCc1nc2c(N)nc3cc(CCOCCNC(=O)CCl)ccc3c2n1Cc1cccc(O)c1O. The number of nitrogens with zero attached hydrogens (tertiary/aromatic N) is 3. The molecule has 2 aromatic carbocycles. The van der Waals surface area contributed by atoms with Crippen LogP contribution in [0, 0.1) is 0 Å². The Labute approximate surface area is 220 Å². The second kappa shape index (κ2) is 12.1. The van der Waals surface area contributed by atoms with Crippen molar-refractivity contribution in [3.63, 3.8) is 0 Å². The number of nitrogen functional groups attached to an aromatic ring is 1. The number of phenolic OH excluding ortho intramolecular Hbond substituents is 2. The number of halogens is 1. The molecular weight excluding hydrogens is 494 g/mol. The molecule has 9 nitrogen and oxygen atoms in total. The second-order valence-corrected chi connectivity index (χ2v) is 9.16. The summed E-state index contributed by atoms with van der Waals surface area (Å²) in [4.78, 5) is 20.7. The van der Waals surface area contributed by atoms with Crippen molar-refractivity contribution >= 4 is 45.3 Å². The Hall–Kier alpha value is -3.56. The first-order valence-corrected chi connectivity index (χ1v) is 12.9. The van der Waals surface area contributed by atoms with Gasteiger partial charge < -0.3 is 30.6 Å². The van der Waals surface area contributed by atoms with Crippen molar-refractivity contribution in [2.45, 2.75) is 39.2 Å². The van der Waals surface area contributed by atoms with E-state index in [4.69, 9.17) is 27.1 Å². The number of aromatic hydroxyl groups is 2. The van der Waals surface area contributed by atoms with Crippen LogP contribution in [0.4, 0.5) is 5.82 Å². The van der Waals surface area contributed by atoms with Crippen molar-refractivity contribution in [3.05, 3.63) is 53.3 Å². The molecule has 2 aromatic heterocycles. The number of para-hydroxylation sites is 1. The normalized spacial score (nSPS) is 11.4. The first-order chi connectivity index (χ1) is 17.9. The fourth-order valence-corrected chi connectivity index (χ4v) is 4.43. The van der Waals surface area contributed by atoms with Crippen LogP contribution in [0.15, 0.2) is 36.4 Å². The van der Waals surface area contributed by atoms with E-state index in [1.54, 1.807) is 12.1 Å². The van der Waals surface area contributed by atoms with Gasteiger partial charge in [0.1, 0.15) is 17.2 Å². The predicted molar refractivity (Wildman–Crippen MR) is 145 cm³/mol. The van der Waals surface area contributed by atoms with Crippen LogP contribution in [0.2, 0.25) is 0 Å². The van der Waals surface area contributed by atoms with Crippen LogP contribution in [-0.2, 0) is 28.9 Å². The number of ether oxygens (including phenoxy) is 1. The van der Waals surface area contributed by atoms with Gasteiger partial charge >= 0.3 is 0 Å². The first kappa shape index (κ1) is 26.5. The van der Waals surface area contributed by atoms with E-state index in [0.717, 1.165) is 47.1 Å². The Morgan fingerprint density at radius 3 is 2.78 bits per heavy atom. The van der Waals surface area contributed by atoms with E-state index in [-0.39, 0.29) is 23.3 Å². The number of nitrogens with one attached hydrogen (secondary N) is 1. The van der Waals surface area contributed by atoms with Gasteiger partial charge in [-0.25, -0.2) is 9.97 Å². The zero-order valence-corrected chi connectivity index (χ0v) is 21.6. The van der Waals surface area contributed by atoms with Crippen molar-refractivity contribution in [2.24, 2.45) is 0 Å². The van der Waals surface area contributed by atoms with Gasteiger partial charge in [0, 0.05) is 23.9 Å². The lowest BCUT2D eigenvalue weighted by atomic mass is 10.1. The molecule has 0 spiro atoms. The summed E-state index contributed by atoms with van der Waals surface area (Å²) in [6.45, 7) is 3.78. The molecule has 0 bridgehead atoms. The maximum Gasteiger partial charge on any atom is 0.235 e. The summed E-state index contributed by atoms with van der Waals surface area (Å²) in [7, 11) is 0. The van der Waals surface area contributed by atoms with Crippen LogP contribution in [0.25, 0.3) is 21.9 Å². The van der Waals surface area contributed by atoms with E-state index >= 15 is 0 Å². The van der Waals surface area contributed by atoms with E-state index in [2.05, 4.69) is 21.8 Å². The number of hydrogen-bond acceptors (Lipinski definition) is 7. The molecule has 0 aliphatic heterocycles. The van der Waals surface area contributed by atoms with Crippen LogP contribution >= 0.6 is 11.6 Å². The molecule has 2 heterocycles. The summed E-state index contributed by atoms with van der Waals surface area (Å²) < 4.78 is 7.69. The van der Waals surface area contributed by atoms with E-state index in [1.807, 2.05) is 18.2 Å². The van der Waals surface area contributed by atoms with Gasteiger partial charge in [-0.15, -0.1) is 11.6 Å². The highest BCUT2D eigenvalue weighted by Gasteiger charge is 2.19. The van der Waals surface area contributed by atoms with Crippen molar-refractivity contribution in [1.29, 1.82) is 0 Å². The van der Waals surface area contributed by atoms with Gasteiger partial charge in [-0.1, -0.05) is 37.6 Å². The van der Waals surface area contributed by atoms with E-state index in [9.17, 15) is 15.0 Å². The number of fused-ring (bicyclic) bond motifs is 3. The van der Waals surface area contributed by atoms with Crippen LogP contribution in [0.3, 0.4) is 0 Å². The zero-order valence-electron chi connectivity index (χ0n) is 20.8. The lowest BCUT2D eigenvalue weighted by molar-refractivity contribution is -0.118. The number of aryl methyl sites for hydroxylation is 1. The summed E-state index contributed by atoms with van der Waals surface area (Å²) >= 11 is 5.46. The van der Waals surface area contributed by atoms with Gasteiger partial charge in [0.25, 0.3) is 0 Å². The number of rotatable bonds is 12. The smallest absolute Gasteiger partial charge is 0.235 e. The number of phenols is 2. The molecule has 0 saturated carbocycles. The van der Waals surface area contributed by atoms with Crippen molar-refractivity contribution in [3.8, 4) is 11.5 Å². The van der Waals surface area contributed by atoms with Gasteiger partial charge in [-0.2, -0.15) is 0 Å². The molecule has 0 aliphatic rings. The number of alkyl halides is 1. The summed E-state index contributed by atoms with van der Waals surface area (Å²) in [6, 6.07) is 11.0. The van der Waals surface area contributed by atoms with E-state index in [1.165, 1.54) is 6.07 Å². The second-order valence-electron chi connectivity index (χ2n) is 8.89. The summed E-state index contributed by atoms with van der Waals surface area (Å²) in [6.07, 6.45) is 3.41. The van der Waals surface area contributed by atoms with Crippen molar-refractivity contribution in [2.75, 3.05) is 31.4 Å². The maximum absolute atomic E-state index is 11.2. The standard InChI is InChI=1S/C27H32ClN5O4/c1-2-3-7-22-32-24-25(33(22)16-18-5-4-6-21(34)26(18)36)19-9-8-17(14-20(19)31-27(24)29)10-12-37-13-11-30-23(35)15-28/h4-6,8-9,14,34,36H,2-3,7,10-13,15-16H2,1H3,(H2,29,31)(H,30,35). The maximum atomic E-state index is 11.2. The third kappa shape index (κ3) is 6.06. The fourth-order valence-electron chi connectivity index (χ4n) is 4.33. The lowest BCUT2D eigenvalue weighted by Crippen LogP contribution is -2.28. The minimum Gasteiger partial charge on any atom is -0.504 e. The van der Waals surface area contributed by atoms with Crippen LogP contribution < -0.4 is 11.1 Å². The lowest BCUT2D eigenvalue weighted by Gasteiger charge is -2.13. The molecule has 0 saturated heterocycles. The van der Waals surface area contributed by atoms with Gasteiger partial charge in [-0.05, 0) is 30.5 Å².